The monoisotopic (exact) mass is 272 g/mol. The molecule has 2 aromatic carbocycles. The first kappa shape index (κ1) is 13.1. The van der Waals surface area contributed by atoms with Crippen LogP contribution in [0.25, 0.3) is 0 Å². The summed E-state index contributed by atoms with van der Waals surface area (Å²) in [4.78, 5) is 0.984. The zero-order valence-electron chi connectivity index (χ0n) is 10.3. The van der Waals surface area contributed by atoms with E-state index in [1.807, 2.05) is 6.07 Å². The third-order valence-electron chi connectivity index (χ3n) is 2.63. The van der Waals surface area contributed by atoms with Gasteiger partial charge in [0.25, 0.3) is 0 Å². The lowest BCUT2D eigenvalue weighted by molar-refractivity contribution is 0.413. The number of nitrogens with zero attached hydrogens (tertiary/aromatic N) is 1. The van der Waals surface area contributed by atoms with Crippen LogP contribution >= 0.6 is 0 Å². The molecule has 0 amide bonds. The van der Waals surface area contributed by atoms with Crippen LogP contribution in [0.5, 0.6) is 5.75 Å². The highest BCUT2D eigenvalue weighted by Gasteiger charge is 2.14. The number of rotatable bonds is 3. The number of ether oxygens (including phenoxy) is 1. The summed E-state index contributed by atoms with van der Waals surface area (Å²) in [6.45, 7) is 0. The summed E-state index contributed by atoms with van der Waals surface area (Å²) < 4.78 is 17.6. The number of hydrogen-bond donors (Lipinski definition) is 1. The zero-order valence-corrected chi connectivity index (χ0v) is 11.1. The Morgan fingerprint density at radius 3 is 2.68 bits per heavy atom. The second-order valence-corrected chi connectivity index (χ2v) is 5.23. The van der Waals surface area contributed by atoms with Gasteiger partial charge in [-0.2, -0.15) is 5.26 Å². The van der Waals surface area contributed by atoms with Crippen LogP contribution in [0.2, 0.25) is 0 Å². The Labute approximate surface area is 113 Å². The fourth-order valence-corrected chi connectivity index (χ4v) is 2.90. The first-order valence-electron chi connectivity index (χ1n) is 5.51. The van der Waals surface area contributed by atoms with Gasteiger partial charge in [0.1, 0.15) is 11.8 Å². The van der Waals surface area contributed by atoms with Crippen molar-refractivity contribution < 1.29 is 8.95 Å². The van der Waals surface area contributed by atoms with Crippen LogP contribution in [0, 0.1) is 11.3 Å². The summed E-state index contributed by atoms with van der Waals surface area (Å²) in [6, 6.07) is 13.9. The first-order chi connectivity index (χ1) is 9.17. The molecule has 2 N–H and O–H groups in total. The standard InChI is InChI=1S/C14H12N2O2S/c1-18-10-4-2-5-11(8-10)19(17)14-7-3-6-13(16)12(14)9-15/h2-8H,16H2,1H3/t19-/m0/s1. The summed E-state index contributed by atoms with van der Waals surface area (Å²) in [5.41, 5.74) is 6.31. The van der Waals surface area contributed by atoms with Crippen LogP contribution in [-0.2, 0) is 10.8 Å². The van der Waals surface area contributed by atoms with Crippen molar-refractivity contribution in [2.24, 2.45) is 0 Å². The van der Waals surface area contributed by atoms with Gasteiger partial charge in [0.2, 0.25) is 0 Å². The summed E-state index contributed by atoms with van der Waals surface area (Å²) >= 11 is 0. The molecule has 96 valence electrons. The maximum absolute atomic E-state index is 12.5. The van der Waals surface area contributed by atoms with E-state index in [1.54, 1.807) is 49.6 Å². The smallest absolute Gasteiger partial charge is 0.120 e. The number of nitriles is 1. The van der Waals surface area contributed by atoms with Gasteiger partial charge in [0.15, 0.2) is 0 Å². The minimum Gasteiger partial charge on any atom is -0.497 e. The Hall–Kier alpha value is -2.32. The molecule has 0 heterocycles. The third kappa shape index (κ3) is 2.59. The summed E-state index contributed by atoms with van der Waals surface area (Å²) in [5, 5.41) is 9.11. The molecule has 0 saturated heterocycles. The van der Waals surface area contributed by atoms with E-state index in [1.165, 1.54) is 0 Å². The van der Waals surface area contributed by atoms with Crippen LogP contribution < -0.4 is 10.5 Å². The Bertz CT molecular complexity index is 677. The molecular weight excluding hydrogens is 260 g/mol. The molecule has 19 heavy (non-hydrogen) atoms. The second kappa shape index (κ2) is 5.55. The molecule has 0 aliphatic carbocycles. The van der Waals surface area contributed by atoms with Gasteiger partial charge in [-0.25, -0.2) is 4.21 Å². The minimum absolute atomic E-state index is 0.253. The molecular formula is C14H12N2O2S. The average Bonchev–Trinajstić information content (AvgIpc) is 2.46. The van der Waals surface area contributed by atoms with E-state index in [2.05, 4.69) is 0 Å². The number of nitrogens with two attached hydrogens (primary N) is 1. The quantitative estimate of drug-likeness (QED) is 0.870. The Balaban J connectivity index is 2.50. The molecule has 0 fully saturated rings. The highest BCUT2D eigenvalue weighted by atomic mass is 32.2. The van der Waals surface area contributed by atoms with Crippen molar-refractivity contribution in [2.75, 3.05) is 12.8 Å². The molecule has 0 unspecified atom stereocenters. The van der Waals surface area contributed by atoms with Gasteiger partial charge in [0, 0.05) is 4.90 Å². The Morgan fingerprint density at radius 2 is 2.00 bits per heavy atom. The van der Waals surface area contributed by atoms with Crippen LogP contribution in [0.15, 0.2) is 52.3 Å². The van der Waals surface area contributed by atoms with Gasteiger partial charge < -0.3 is 10.5 Å². The molecule has 2 aromatic rings. The largest absolute Gasteiger partial charge is 0.497 e. The molecule has 5 heteroatoms. The number of benzene rings is 2. The van der Waals surface area contributed by atoms with E-state index in [4.69, 9.17) is 15.7 Å². The van der Waals surface area contributed by atoms with E-state index in [9.17, 15) is 4.21 Å². The van der Waals surface area contributed by atoms with E-state index in [0.717, 1.165) is 0 Å². The highest BCUT2D eigenvalue weighted by molar-refractivity contribution is 7.85. The Morgan fingerprint density at radius 1 is 1.26 bits per heavy atom. The number of anilines is 1. The lowest BCUT2D eigenvalue weighted by Gasteiger charge is -2.07. The van der Waals surface area contributed by atoms with Gasteiger partial charge in [0.05, 0.1) is 34.1 Å². The minimum atomic E-state index is -1.46. The van der Waals surface area contributed by atoms with Gasteiger partial charge in [-0.05, 0) is 30.3 Å². The molecule has 0 aromatic heterocycles. The predicted molar refractivity (Wildman–Crippen MR) is 73.2 cm³/mol. The fourth-order valence-electron chi connectivity index (χ4n) is 1.67. The van der Waals surface area contributed by atoms with Crippen molar-refractivity contribution in [3.05, 3.63) is 48.0 Å². The van der Waals surface area contributed by atoms with Crippen molar-refractivity contribution in [3.8, 4) is 11.8 Å². The fraction of sp³-hybridized carbons (Fsp3) is 0.0714. The maximum atomic E-state index is 12.5. The predicted octanol–water partition coefficient (Wildman–Crippen LogP) is 2.32. The van der Waals surface area contributed by atoms with Crippen molar-refractivity contribution in [2.45, 2.75) is 9.79 Å². The molecule has 4 nitrogen and oxygen atoms in total. The normalized spacial score (nSPS) is 11.6. The average molecular weight is 272 g/mol. The maximum Gasteiger partial charge on any atom is 0.120 e. The van der Waals surface area contributed by atoms with Gasteiger partial charge in [-0.1, -0.05) is 12.1 Å². The molecule has 0 aliphatic rings. The topological polar surface area (TPSA) is 76.1 Å². The molecule has 2 rings (SSSR count). The van der Waals surface area contributed by atoms with Crippen molar-refractivity contribution in [1.82, 2.24) is 0 Å². The van der Waals surface area contributed by atoms with Gasteiger partial charge in [-0.3, -0.25) is 0 Å². The molecule has 1 atom stereocenters. The van der Waals surface area contributed by atoms with Crippen molar-refractivity contribution >= 4 is 16.5 Å². The zero-order chi connectivity index (χ0) is 13.8. The van der Waals surface area contributed by atoms with Crippen LogP contribution in [0.1, 0.15) is 5.56 Å². The number of hydrogen-bond acceptors (Lipinski definition) is 4. The van der Waals surface area contributed by atoms with E-state index >= 15 is 0 Å². The highest BCUT2D eigenvalue weighted by Crippen LogP contribution is 2.25. The second-order valence-electron chi connectivity index (χ2n) is 3.78. The Kier molecular flexibility index (Phi) is 3.83. The molecule has 0 bridgehead atoms. The summed E-state index contributed by atoms with van der Waals surface area (Å²) in [6.07, 6.45) is 0. The lowest BCUT2D eigenvalue weighted by Crippen LogP contribution is -2.00. The van der Waals surface area contributed by atoms with Gasteiger partial charge >= 0.3 is 0 Å². The van der Waals surface area contributed by atoms with Crippen LogP contribution in [0.3, 0.4) is 0 Å². The van der Waals surface area contributed by atoms with Crippen LogP contribution in [-0.4, -0.2) is 11.3 Å². The first-order valence-corrected chi connectivity index (χ1v) is 6.66. The van der Waals surface area contributed by atoms with Crippen LogP contribution in [0.4, 0.5) is 5.69 Å². The summed E-state index contributed by atoms with van der Waals surface area (Å²) in [5.74, 6) is 0.619. The third-order valence-corrected chi connectivity index (χ3v) is 4.05. The van der Waals surface area contributed by atoms with Crippen molar-refractivity contribution in [1.29, 1.82) is 5.26 Å². The van der Waals surface area contributed by atoms with E-state index in [-0.39, 0.29) is 5.56 Å². The van der Waals surface area contributed by atoms with E-state index in [0.29, 0.717) is 21.2 Å². The number of methoxy groups -OCH3 is 1. The number of nitrogen functional groups attached to an aromatic ring is 1. The summed E-state index contributed by atoms with van der Waals surface area (Å²) in [7, 11) is 0.0820. The lowest BCUT2D eigenvalue weighted by atomic mass is 10.2. The SMILES string of the molecule is COc1cccc([S@](=O)c2cccc(N)c2C#N)c1. The molecule has 0 radical (unpaired) electrons. The molecule has 0 aliphatic heterocycles. The molecule has 0 spiro atoms. The molecule has 0 saturated carbocycles. The van der Waals surface area contributed by atoms with Crippen molar-refractivity contribution in [3.63, 3.8) is 0 Å². The van der Waals surface area contributed by atoms with Gasteiger partial charge in [-0.15, -0.1) is 0 Å². The van der Waals surface area contributed by atoms with E-state index < -0.39 is 10.8 Å².